The van der Waals surface area contributed by atoms with Crippen LogP contribution in [0.3, 0.4) is 0 Å². The first-order chi connectivity index (χ1) is 9.15. The third kappa shape index (κ3) is 2.27. The fourth-order valence-corrected chi connectivity index (χ4v) is 2.42. The molecule has 0 aliphatic carbocycles. The van der Waals surface area contributed by atoms with Gasteiger partial charge in [0.05, 0.1) is 11.6 Å². The van der Waals surface area contributed by atoms with Gasteiger partial charge in [-0.15, -0.1) is 0 Å². The molecule has 0 bridgehead atoms. The van der Waals surface area contributed by atoms with E-state index in [-0.39, 0.29) is 6.04 Å². The Labute approximate surface area is 112 Å². The lowest BCUT2D eigenvalue weighted by Gasteiger charge is -2.23. The van der Waals surface area contributed by atoms with Gasteiger partial charge < -0.3 is 16.4 Å². The first kappa shape index (κ1) is 12.3. The molecule has 0 saturated carbocycles. The average molecular weight is 257 g/mol. The van der Waals surface area contributed by atoms with Gasteiger partial charge in [0.2, 0.25) is 0 Å². The van der Waals surface area contributed by atoms with Crippen molar-refractivity contribution in [1.29, 1.82) is 0 Å². The van der Waals surface area contributed by atoms with Crippen molar-refractivity contribution in [2.24, 2.45) is 0 Å². The molecule has 19 heavy (non-hydrogen) atoms. The Balaban J connectivity index is 2.10. The highest BCUT2D eigenvalue weighted by molar-refractivity contribution is 5.89. The fourth-order valence-electron chi connectivity index (χ4n) is 2.42. The zero-order chi connectivity index (χ0) is 13.4. The molecule has 0 amide bonds. The molecule has 2 aromatic rings. The van der Waals surface area contributed by atoms with Crippen LogP contribution in [-0.4, -0.2) is 29.6 Å². The molecule has 0 spiro atoms. The van der Waals surface area contributed by atoms with Crippen molar-refractivity contribution in [3.63, 3.8) is 0 Å². The maximum absolute atomic E-state index is 6.08. The standard InChI is InChI=1S/C14H19N5/c1-8-5-10-11(6-9(8)2)18-14(19-13(10)15)12-7-16-3-4-17-12/h5-6,12,16-17H,3-4,7H2,1-2H3,(H2,15,18,19). The predicted molar refractivity (Wildman–Crippen MR) is 77.0 cm³/mol. The monoisotopic (exact) mass is 257 g/mol. The highest BCUT2D eigenvalue weighted by atomic mass is 15.1. The van der Waals surface area contributed by atoms with Gasteiger partial charge in [0, 0.05) is 25.0 Å². The topological polar surface area (TPSA) is 75.9 Å². The number of benzene rings is 1. The number of fused-ring (bicyclic) bond motifs is 1. The normalized spacial score (nSPS) is 19.8. The first-order valence-corrected chi connectivity index (χ1v) is 6.63. The zero-order valence-electron chi connectivity index (χ0n) is 11.3. The summed E-state index contributed by atoms with van der Waals surface area (Å²) in [5.74, 6) is 1.34. The molecule has 5 nitrogen and oxygen atoms in total. The summed E-state index contributed by atoms with van der Waals surface area (Å²) in [6.45, 7) is 6.93. The quantitative estimate of drug-likeness (QED) is 0.712. The molecule has 1 fully saturated rings. The smallest absolute Gasteiger partial charge is 0.149 e. The zero-order valence-corrected chi connectivity index (χ0v) is 11.3. The molecule has 100 valence electrons. The second-order valence-corrected chi connectivity index (χ2v) is 5.13. The molecule has 1 aliphatic heterocycles. The van der Waals surface area contributed by atoms with Crippen LogP contribution >= 0.6 is 0 Å². The number of rotatable bonds is 1. The van der Waals surface area contributed by atoms with E-state index in [1.165, 1.54) is 11.1 Å². The van der Waals surface area contributed by atoms with Crippen LogP contribution in [0.25, 0.3) is 10.9 Å². The Hall–Kier alpha value is -1.72. The Bertz CT molecular complexity index is 617. The summed E-state index contributed by atoms with van der Waals surface area (Å²) in [6, 6.07) is 4.29. The van der Waals surface area contributed by atoms with Gasteiger partial charge in [-0.2, -0.15) is 0 Å². The summed E-state index contributed by atoms with van der Waals surface area (Å²) in [7, 11) is 0. The lowest BCUT2D eigenvalue weighted by atomic mass is 10.1. The molecule has 2 heterocycles. The van der Waals surface area contributed by atoms with E-state index in [0.717, 1.165) is 36.4 Å². The van der Waals surface area contributed by atoms with Crippen LogP contribution in [0.5, 0.6) is 0 Å². The lowest BCUT2D eigenvalue weighted by molar-refractivity contribution is 0.416. The largest absolute Gasteiger partial charge is 0.383 e. The molecular formula is C14H19N5. The number of hydrogen-bond acceptors (Lipinski definition) is 5. The van der Waals surface area contributed by atoms with Crippen molar-refractivity contribution in [3.8, 4) is 0 Å². The van der Waals surface area contributed by atoms with Crippen molar-refractivity contribution in [2.75, 3.05) is 25.4 Å². The van der Waals surface area contributed by atoms with E-state index < -0.39 is 0 Å². The maximum atomic E-state index is 6.08. The van der Waals surface area contributed by atoms with E-state index in [9.17, 15) is 0 Å². The minimum Gasteiger partial charge on any atom is -0.383 e. The van der Waals surface area contributed by atoms with Crippen molar-refractivity contribution in [2.45, 2.75) is 19.9 Å². The van der Waals surface area contributed by atoms with Gasteiger partial charge in [0.15, 0.2) is 0 Å². The number of nitrogens with two attached hydrogens (primary N) is 1. The minimum atomic E-state index is 0.141. The number of nitrogen functional groups attached to an aromatic ring is 1. The molecule has 5 heteroatoms. The van der Waals surface area contributed by atoms with E-state index in [2.05, 4.69) is 46.6 Å². The summed E-state index contributed by atoms with van der Waals surface area (Å²) >= 11 is 0. The van der Waals surface area contributed by atoms with Crippen LogP contribution < -0.4 is 16.4 Å². The summed E-state index contributed by atoms with van der Waals surface area (Å²) in [6.07, 6.45) is 0. The summed E-state index contributed by atoms with van der Waals surface area (Å²) in [4.78, 5) is 9.13. The predicted octanol–water partition coefficient (Wildman–Crippen LogP) is 1.06. The number of nitrogens with zero attached hydrogens (tertiary/aromatic N) is 2. The molecular weight excluding hydrogens is 238 g/mol. The minimum absolute atomic E-state index is 0.141. The summed E-state index contributed by atoms with van der Waals surface area (Å²) in [5.41, 5.74) is 9.46. The summed E-state index contributed by atoms with van der Waals surface area (Å²) < 4.78 is 0. The Kier molecular flexibility index (Phi) is 3.08. The number of nitrogens with one attached hydrogen (secondary N) is 2. The van der Waals surface area contributed by atoms with Gasteiger partial charge in [0.25, 0.3) is 0 Å². The molecule has 1 saturated heterocycles. The highest BCUT2D eigenvalue weighted by Gasteiger charge is 2.18. The van der Waals surface area contributed by atoms with E-state index >= 15 is 0 Å². The Morgan fingerprint density at radius 1 is 1.16 bits per heavy atom. The number of aromatic nitrogens is 2. The Morgan fingerprint density at radius 2 is 1.95 bits per heavy atom. The molecule has 1 aliphatic rings. The van der Waals surface area contributed by atoms with Crippen LogP contribution in [0, 0.1) is 13.8 Å². The van der Waals surface area contributed by atoms with Gasteiger partial charge >= 0.3 is 0 Å². The van der Waals surface area contributed by atoms with E-state index in [1.54, 1.807) is 0 Å². The highest BCUT2D eigenvalue weighted by Crippen LogP contribution is 2.23. The van der Waals surface area contributed by atoms with Gasteiger partial charge in [-0.05, 0) is 37.1 Å². The third-order valence-electron chi connectivity index (χ3n) is 3.71. The molecule has 4 N–H and O–H groups in total. The van der Waals surface area contributed by atoms with Crippen LogP contribution in [0.4, 0.5) is 5.82 Å². The van der Waals surface area contributed by atoms with Crippen LogP contribution in [0.2, 0.25) is 0 Å². The van der Waals surface area contributed by atoms with Gasteiger partial charge in [-0.25, -0.2) is 9.97 Å². The van der Waals surface area contributed by atoms with E-state index in [0.29, 0.717) is 5.82 Å². The molecule has 1 unspecified atom stereocenters. The van der Waals surface area contributed by atoms with Gasteiger partial charge in [-0.1, -0.05) is 0 Å². The van der Waals surface area contributed by atoms with E-state index in [1.807, 2.05) is 0 Å². The molecule has 1 atom stereocenters. The second-order valence-electron chi connectivity index (χ2n) is 5.13. The van der Waals surface area contributed by atoms with E-state index in [4.69, 9.17) is 5.73 Å². The SMILES string of the molecule is Cc1cc2nc(C3CNCCN3)nc(N)c2cc1C. The van der Waals surface area contributed by atoms with Crippen molar-refractivity contribution in [1.82, 2.24) is 20.6 Å². The number of hydrogen-bond donors (Lipinski definition) is 3. The Morgan fingerprint density at radius 3 is 2.68 bits per heavy atom. The lowest BCUT2D eigenvalue weighted by Crippen LogP contribution is -2.43. The molecule has 3 rings (SSSR count). The number of anilines is 1. The fraction of sp³-hybridized carbons (Fsp3) is 0.429. The maximum Gasteiger partial charge on any atom is 0.149 e. The van der Waals surface area contributed by atoms with Gasteiger partial charge in [-0.3, -0.25) is 0 Å². The van der Waals surface area contributed by atoms with Crippen LogP contribution in [-0.2, 0) is 0 Å². The number of piperazine rings is 1. The van der Waals surface area contributed by atoms with Crippen molar-refractivity contribution >= 4 is 16.7 Å². The second kappa shape index (κ2) is 4.75. The van der Waals surface area contributed by atoms with Crippen molar-refractivity contribution < 1.29 is 0 Å². The third-order valence-corrected chi connectivity index (χ3v) is 3.71. The van der Waals surface area contributed by atoms with Crippen LogP contribution in [0.1, 0.15) is 23.0 Å². The first-order valence-electron chi connectivity index (χ1n) is 6.63. The summed E-state index contributed by atoms with van der Waals surface area (Å²) in [5, 5.41) is 7.69. The number of aryl methyl sites for hydroxylation is 2. The van der Waals surface area contributed by atoms with Crippen LogP contribution in [0.15, 0.2) is 12.1 Å². The molecule has 0 radical (unpaired) electrons. The molecule has 1 aromatic carbocycles. The van der Waals surface area contributed by atoms with Crippen molar-refractivity contribution in [3.05, 3.63) is 29.1 Å². The molecule has 1 aromatic heterocycles. The average Bonchev–Trinajstić information content (AvgIpc) is 2.42. The van der Waals surface area contributed by atoms with Gasteiger partial charge in [0.1, 0.15) is 11.6 Å².